The second-order valence-corrected chi connectivity index (χ2v) is 3.54. The second-order valence-electron chi connectivity index (χ2n) is 3.54. The van der Waals surface area contributed by atoms with Gasteiger partial charge >= 0.3 is 0 Å². The van der Waals surface area contributed by atoms with Crippen LogP contribution in [0.15, 0.2) is 54.2 Å². The number of nitrogens with one attached hydrogen (secondary N) is 2. The van der Waals surface area contributed by atoms with Crippen molar-refractivity contribution in [1.29, 1.82) is 0 Å². The lowest BCUT2D eigenvalue weighted by Gasteiger charge is -1.95. The number of nitrogens with zero attached hydrogens (tertiary/aromatic N) is 3. The highest BCUT2D eigenvalue weighted by Crippen LogP contribution is 1.94. The number of hydrazine groups is 1. The van der Waals surface area contributed by atoms with Crippen molar-refractivity contribution in [2.45, 2.75) is 0 Å². The zero-order valence-corrected chi connectivity index (χ0v) is 11.1. The van der Waals surface area contributed by atoms with Crippen LogP contribution >= 0.6 is 0 Å². The SMILES string of the molecule is C=NNC(=O)c1ccncc1.NNC(=O)c1ccncc1. The Bertz CT molecular complexity index is 588. The summed E-state index contributed by atoms with van der Waals surface area (Å²) in [7, 11) is 0. The van der Waals surface area contributed by atoms with Gasteiger partial charge in [0.25, 0.3) is 11.8 Å². The van der Waals surface area contributed by atoms with Gasteiger partial charge in [-0.2, -0.15) is 5.10 Å². The fraction of sp³-hybridized carbons (Fsp3) is 0. The van der Waals surface area contributed by atoms with E-state index in [0.717, 1.165) is 0 Å². The summed E-state index contributed by atoms with van der Waals surface area (Å²) in [5, 5.41) is 3.24. The van der Waals surface area contributed by atoms with Crippen LogP contribution in [0.4, 0.5) is 0 Å². The molecular formula is C13H14N6O2. The average molecular weight is 286 g/mol. The number of hydrogen-bond donors (Lipinski definition) is 3. The van der Waals surface area contributed by atoms with E-state index in [4.69, 9.17) is 5.84 Å². The van der Waals surface area contributed by atoms with Crippen molar-refractivity contribution < 1.29 is 9.59 Å². The summed E-state index contributed by atoms with van der Waals surface area (Å²) in [5.74, 6) is 4.31. The molecule has 0 aliphatic rings. The van der Waals surface area contributed by atoms with Crippen LogP contribution in [0.1, 0.15) is 20.7 Å². The number of rotatable bonds is 3. The molecule has 2 amide bonds. The van der Waals surface area contributed by atoms with Gasteiger partial charge in [0.15, 0.2) is 0 Å². The molecule has 0 radical (unpaired) electrons. The minimum atomic E-state index is -0.303. The molecule has 0 atom stereocenters. The summed E-state index contributed by atoms with van der Waals surface area (Å²) < 4.78 is 0. The molecule has 0 bridgehead atoms. The van der Waals surface area contributed by atoms with Gasteiger partial charge in [0.2, 0.25) is 0 Å². The van der Waals surface area contributed by atoms with E-state index in [1.807, 2.05) is 5.43 Å². The molecule has 0 saturated heterocycles. The molecule has 0 saturated carbocycles. The van der Waals surface area contributed by atoms with Crippen LogP contribution in [-0.2, 0) is 0 Å². The van der Waals surface area contributed by atoms with Gasteiger partial charge in [0.05, 0.1) is 0 Å². The smallest absolute Gasteiger partial charge is 0.271 e. The molecule has 0 unspecified atom stereocenters. The van der Waals surface area contributed by atoms with Crippen molar-refractivity contribution in [3.8, 4) is 0 Å². The molecule has 21 heavy (non-hydrogen) atoms. The third kappa shape index (κ3) is 5.57. The average Bonchev–Trinajstić information content (AvgIpc) is 2.56. The molecule has 4 N–H and O–H groups in total. The molecule has 2 aromatic heterocycles. The first-order valence-electron chi connectivity index (χ1n) is 5.76. The standard InChI is InChI=1S/C7H7N3O.C6H7N3O/c1-8-10-7(11)6-2-4-9-5-3-6;7-9-6(10)5-1-3-8-4-2-5/h2-5H,1H2,(H,10,11);1-4H,7H2,(H,9,10). The van der Waals surface area contributed by atoms with Crippen LogP contribution in [0.2, 0.25) is 0 Å². The topological polar surface area (TPSA) is 122 Å². The minimum Gasteiger partial charge on any atom is -0.290 e. The van der Waals surface area contributed by atoms with Gasteiger partial charge in [-0.25, -0.2) is 11.3 Å². The molecule has 0 aliphatic heterocycles. The van der Waals surface area contributed by atoms with E-state index < -0.39 is 0 Å². The largest absolute Gasteiger partial charge is 0.290 e. The summed E-state index contributed by atoms with van der Waals surface area (Å²) >= 11 is 0. The summed E-state index contributed by atoms with van der Waals surface area (Å²) in [6.45, 7) is 3.13. The number of nitrogen functional groups attached to an aromatic ring is 1. The van der Waals surface area contributed by atoms with Crippen LogP contribution in [0.3, 0.4) is 0 Å². The molecule has 0 fully saturated rings. The van der Waals surface area contributed by atoms with Gasteiger partial charge in [-0.15, -0.1) is 0 Å². The Labute approximate surface area is 121 Å². The Morgan fingerprint density at radius 2 is 1.38 bits per heavy atom. The molecule has 108 valence electrons. The fourth-order valence-electron chi connectivity index (χ4n) is 1.23. The van der Waals surface area contributed by atoms with E-state index in [1.165, 1.54) is 24.8 Å². The number of carbonyl (C=O) groups excluding carboxylic acids is 2. The highest BCUT2D eigenvalue weighted by atomic mass is 16.2. The quantitative estimate of drug-likeness (QED) is 0.320. The van der Waals surface area contributed by atoms with Gasteiger partial charge in [0.1, 0.15) is 0 Å². The highest BCUT2D eigenvalue weighted by molar-refractivity contribution is 5.94. The Balaban J connectivity index is 0.000000211. The molecule has 8 heteroatoms. The third-order valence-corrected chi connectivity index (χ3v) is 2.20. The Morgan fingerprint density at radius 3 is 1.76 bits per heavy atom. The molecule has 8 nitrogen and oxygen atoms in total. The summed E-state index contributed by atoms with van der Waals surface area (Å²) in [6, 6.07) is 6.37. The fourth-order valence-corrected chi connectivity index (χ4v) is 1.23. The van der Waals surface area contributed by atoms with E-state index in [0.29, 0.717) is 11.1 Å². The molecular weight excluding hydrogens is 272 g/mol. The summed E-state index contributed by atoms with van der Waals surface area (Å²) in [4.78, 5) is 29.2. The molecule has 2 aromatic rings. The van der Waals surface area contributed by atoms with Crippen LogP contribution in [0.25, 0.3) is 0 Å². The van der Waals surface area contributed by atoms with Crippen LogP contribution < -0.4 is 16.7 Å². The van der Waals surface area contributed by atoms with Crippen molar-refractivity contribution >= 4 is 18.5 Å². The van der Waals surface area contributed by atoms with Crippen molar-refractivity contribution in [2.75, 3.05) is 0 Å². The normalized spacial score (nSPS) is 8.81. The van der Waals surface area contributed by atoms with Gasteiger partial charge < -0.3 is 0 Å². The van der Waals surface area contributed by atoms with Gasteiger partial charge in [0, 0.05) is 42.6 Å². The van der Waals surface area contributed by atoms with Crippen LogP contribution in [-0.4, -0.2) is 28.5 Å². The number of pyridine rings is 2. The number of carbonyl (C=O) groups is 2. The lowest BCUT2D eigenvalue weighted by molar-refractivity contribution is 0.0946. The molecule has 0 aromatic carbocycles. The number of nitrogens with two attached hydrogens (primary N) is 1. The molecule has 2 rings (SSSR count). The van der Waals surface area contributed by atoms with E-state index in [2.05, 4.69) is 27.2 Å². The summed E-state index contributed by atoms with van der Waals surface area (Å²) in [5.41, 5.74) is 5.26. The molecule has 0 aliphatic carbocycles. The first-order valence-corrected chi connectivity index (χ1v) is 5.76. The Kier molecular flexibility index (Phi) is 6.74. The molecule has 0 spiro atoms. The Morgan fingerprint density at radius 1 is 0.952 bits per heavy atom. The first kappa shape index (κ1) is 15.9. The van der Waals surface area contributed by atoms with Crippen LogP contribution in [0.5, 0.6) is 0 Å². The predicted molar refractivity (Wildman–Crippen MR) is 77.1 cm³/mol. The number of aromatic nitrogens is 2. The lowest BCUT2D eigenvalue weighted by Crippen LogP contribution is -2.29. The summed E-state index contributed by atoms with van der Waals surface area (Å²) in [6.07, 6.45) is 6.14. The maximum atomic E-state index is 11.0. The number of hydrazone groups is 1. The van der Waals surface area contributed by atoms with Gasteiger partial charge in [-0.05, 0) is 24.3 Å². The minimum absolute atomic E-state index is 0.276. The maximum absolute atomic E-state index is 11.0. The number of amides is 2. The van der Waals surface area contributed by atoms with Crippen molar-refractivity contribution in [2.24, 2.45) is 10.9 Å². The second kappa shape index (κ2) is 8.88. The lowest BCUT2D eigenvalue weighted by atomic mass is 10.3. The van der Waals surface area contributed by atoms with Gasteiger partial charge in [-0.3, -0.25) is 25.0 Å². The van der Waals surface area contributed by atoms with E-state index in [1.54, 1.807) is 24.3 Å². The molecule has 2 heterocycles. The zero-order chi connectivity index (χ0) is 15.5. The maximum Gasteiger partial charge on any atom is 0.271 e. The van der Waals surface area contributed by atoms with Crippen molar-refractivity contribution in [1.82, 2.24) is 20.8 Å². The van der Waals surface area contributed by atoms with E-state index in [-0.39, 0.29) is 11.8 Å². The van der Waals surface area contributed by atoms with Crippen molar-refractivity contribution in [3.05, 3.63) is 60.2 Å². The van der Waals surface area contributed by atoms with Gasteiger partial charge in [-0.1, -0.05) is 0 Å². The van der Waals surface area contributed by atoms with Crippen molar-refractivity contribution in [3.63, 3.8) is 0 Å². The predicted octanol–water partition coefficient (Wildman–Crippen LogP) is 0.112. The monoisotopic (exact) mass is 286 g/mol. The first-order chi connectivity index (χ1) is 10.2. The van der Waals surface area contributed by atoms with E-state index in [9.17, 15) is 9.59 Å². The van der Waals surface area contributed by atoms with Crippen LogP contribution in [0, 0.1) is 0 Å². The van der Waals surface area contributed by atoms with E-state index >= 15 is 0 Å². The Hall–Kier alpha value is -3.13. The zero-order valence-electron chi connectivity index (χ0n) is 11.1. The highest BCUT2D eigenvalue weighted by Gasteiger charge is 2.00. The third-order valence-electron chi connectivity index (χ3n) is 2.20. The number of hydrogen-bond acceptors (Lipinski definition) is 6.